The number of ether oxygens (including phenoxy) is 1. The number of methoxy groups -OCH3 is 1. The molecule has 1 unspecified atom stereocenters. The predicted octanol–water partition coefficient (Wildman–Crippen LogP) is 0.815. The Balaban J connectivity index is 2.04. The van der Waals surface area contributed by atoms with Crippen LogP contribution in [0.2, 0.25) is 0 Å². The number of thiophene rings is 1. The zero-order valence-electron chi connectivity index (χ0n) is 10.4. The highest BCUT2D eigenvalue weighted by molar-refractivity contribution is 7.07. The zero-order valence-corrected chi connectivity index (χ0v) is 11.2. The first kappa shape index (κ1) is 13.6. The highest BCUT2D eigenvalue weighted by atomic mass is 32.1. The number of carbonyl (C=O) groups is 1. The third-order valence-electron chi connectivity index (χ3n) is 2.66. The molecule has 0 fully saturated rings. The van der Waals surface area contributed by atoms with Gasteiger partial charge in [-0.1, -0.05) is 0 Å². The summed E-state index contributed by atoms with van der Waals surface area (Å²) in [6.07, 6.45) is 0.107. The lowest BCUT2D eigenvalue weighted by Gasteiger charge is -2.13. The lowest BCUT2D eigenvalue weighted by molar-refractivity contribution is -0.140. The summed E-state index contributed by atoms with van der Waals surface area (Å²) in [4.78, 5) is 10.7. The van der Waals surface area contributed by atoms with Crippen LogP contribution in [0, 0.1) is 0 Å². The smallest absolute Gasteiger partial charge is 0.306 e. The Morgan fingerprint density at radius 3 is 3.11 bits per heavy atom. The van der Waals surface area contributed by atoms with Crippen molar-refractivity contribution < 1.29 is 14.6 Å². The molecule has 0 aromatic carbocycles. The maximum absolute atomic E-state index is 10.7. The Morgan fingerprint density at radius 1 is 1.63 bits per heavy atom. The van der Waals surface area contributed by atoms with Crippen LogP contribution in [-0.2, 0) is 22.5 Å². The van der Waals surface area contributed by atoms with Gasteiger partial charge in [0.05, 0.1) is 19.1 Å². The van der Waals surface area contributed by atoms with E-state index < -0.39 is 12.1 Å². The fourth-order valence-corrected chi connectivity index (χ4v) is 2.35. The standard InChI is InChI=1S/C11H14N4O3S/c1-18-9(5-11(16)17)6-15-10(12-13-14-15)4-8-2-3-19-7-8/h2-3,7,9H,4-6H2,1H3,(H,16,17). The summed E-state index contributed by atoms with van der Waals surface area (Å²) in [6.45, 7) is 0.329. The van der Waals surface area contributed by atoms with Crippen LogP contribution < -0.4 is 0 Å². The van der Waals surface area contributed by atoms with Gasteiger partial charge in [-0.05, 0) is 32.8 Å². The molecule has 102 valence electrons. The van der Waals surface area contributed by atoms with E-state index in [4.69, 9.17) is 9.84 Å². The molecule has 0 aliphatic heterocycles. The number of carboxylic acids is 1. The lowest BCUT2D eigenvalue weighted by Crippen LogP contribution is -2.24. The van der Waals surface area contributed by atoms with Crippen LogP contribution in [0.5, 0.6) is 0 Å². The van der Waals surface area contributed by atoms with Crippen molar-refractivity contribution in [1.82, 2.24) is 20.2 Å². The van der Waals surface area contributed by atoms with E-state index in [0.29, 0.717) is 18.8 Å². The van der Waals surface area contributed by atoms with E-state index in [2.05, 4.69) is 15.5 Å². The second kappa shape index (κ2) is 6.39. The summed E-state index contributed by atoms with van der Waals surface area (Å²) in [5.74, 6) is -0.204. The van der Waals surface area contributed by atoms with Crippen molar-refractivity contribution >= 4 is 17.3 Å². The minimum Gasteiger partial charge on any atom is -0.481 e. The highest BCUT2D eigenvalue weighted by Gasteiger charge is 2.16. The van der Waals surface area contributed by atoms with Gasteiger partial charge in [-0.15, -0.1) is 5.10 Å². The van der Waals surface area contributed by atoms with Crippen molar-refractivity contribution in [2.45, 2.75) is 25.5 Å². The van der Waals surface area contributed by atoms with Gasteiger partial charge in [0.25, 0.3) is 0 Å². The average Bonchev–Trinajstić information content (AvgIpc) is 3.01. The number of hydrogen-bond donors (Lipinski definition) is 1. The third-order valence-corrected chi connectivity index (χ3v) is 3.39. The molecule has 0 saturated heterocycles. The van der Waals surface area contributed by atoms with Gasteiger partial charge >= 0.3 is 5.97 Å². The summed E-state index contributed by atoms with van der Waals surface area (Å²) in [6, 6.07) is 2.01. The van der Waals surface area contributed by atoms with Crippen molar-refractivity contribution in [2.75, 3.05) is 7.11 Å². The van der Waals surface area contributed by atoms with Gasteiger partial charge in [0, 0.05) is 13.5 Å². The molecule has 0 aliphatic rings. The molecular formula is C11H14N4O3S. The van der Waals surface area contributed by atoms with Gasteiger partial charge in [0.2, 0.25) is 0 Å². The quantitative estimate of drug-likeness (QED) is 0.808. The van der Waals surface area contributed by atoms with Crippen LogP contribution in [-0.4, -0.2) is 44.5 Å². The van der Waals surface area contributed by atoms with E-state index in [-0.39, 0.29) is 6.42 Å². The van der Waals surface area contributed by atoms with E-state index in [1.165, 1.54) is 7.11 Å². The normalized spacial score (nSPS) is 12.5. The van der Waals surface area contributed by atoms with Gasteiger partial charge in [-0.25, -0.2) is 4.68 Å². The van der Waals surface area contributed by atoms with Crippen LogP contribution >= 0.6 is 11.3 Å². The Labute approximate surface area is 113 Å². The van der Waals surface area contributed by atoms with Gasteiger partial charge in [-0.3, -0.25) is 4.79 Å². The van der Waals surface area contributed by atoms with E-state index in [9.17, 15) is 4.79 Å². The summed E-state index contributed by atoms with van der Waals surface area (Å²) >= 11 is 1.61. The molecule has 2 aromatic heterocycles. The SMILES string of the molecule is COC(CC(=O)O)Cn1nnnc1Cc1ccsc1. The molecule has 2 heterocycles. The minimum absolute atomic E-state index is 0.0751. The first-order chi connectivity index (χ1) is 9.19. The number of hydrogen-bond acceptors (Lipinski definition) is 6. The second-order valence-corrected chi connectivity index (χ2v) is 4.82. The number of nitrogens with zero attached hydrogens (tertiary/aromatic N) is 4. The molecule has 2 aromatic rings. The molecule has 19 heavy (non-hydrogen) atoms. The topological polar surface area (TPSA) is 90.1 Å². The molecule has 0 radical (unpaired) electrons. The summed E-state index contributed by atoms with van der Waals surface area (Å²) in [5.41, 5.74) is 1.13. The van der Waals surface area contributed by atoms with E-state index in [1.54, 1.807) is 16.0 Å². The molecule has 0 spiro atoms. The van der Waals surface area contributed by atoms with Crippen molar-refractivity contribution in [3.05, 3.63) is 28.2 Å². The Hall–Kier alpha value is -1.80. The van der Waals surface area contributed by atoms with Gasteiger partial charge in [-0.2, -0.15) is 11.3 Å². The van der Waals surface area contributed by atoms with Crippen molar-refractivity contribution in [2.24, 2.45) is 0 Å². The summed E-state index contributed by atoms with van der Waals surface area (Å²) in [7, 11) is 1.48. The summed E-state index contributed by atoms with van der Waals surface area (Å²) in [5, 5.41) is 24.3. The minimum atomic E-state index is -0.903. The first-order valence-electron chi connectivity index (χ1n) is 5.69. The molecular weight excluding hydrogens is 268 g/mol. The molecule has 0 saturated carbocycles. The zero-order chi connectivity index (χ0) is 13.7. The highest BCUT2D eigenvalue weighted by Crippen LogP contribution is 2.11. The number of tetrazole rings is 1. The average molecular weight is 282 g/mol. The monoisotopic (exact) mass is 282 g/mol. The first-order valence-corrected chi connectivity index (χ1v) is 6.64. The number of aromatic nitrogens is 4. The van der Waals surface area contributed by atoms with Crippen LogP contribution in [0.25, 0.3) is 0 Å². The Bertz CT molecular complexity index is 526. The van der Waals surface area contributed by atoms with Crippen molar-refractivity contribution in [1.29, 1.82) is 0 Å². The number of aliphatic carboxylic acids is 1. The van der Waals surface area contributed by atoms with Gasteiger partial charge in [0.1, 0.15) is 0 Å². The largest absolute Gasteiger partial charge is 0.481 e. The summed E-state index contributed by atoms with van der Waals surface area (Å²) < 4.78 is 6.72. The van der Waals surface area contributed by atoms with Crippen LogP contribution in [0.15, 0.2) is 16.8 Å². The van der Waals surface area contributed by atoms with Gasteiger partial charge in [0.15, 0.2) is 5.82 Å². The molecule has 7 nitrogen and oxygen atoms in total. The predicted molar refractivity (Wildman–Crippen MR) is 68.0 cm³/mol. The fraction of sp³-hybridized carbons (Fsp3) is 0.455. The van der Waals surface area contributed by atoms with Crippen molar-refractivity contribution in [3.63, 3.8) is 0 Å². The molecule has 2 rings (SSSR count). The third kappa shape index (κ3) is 3.83. The molecule has 0 aliphatic carbocycles. The van der Waals surface area contributed by atoms with E-state index in [0.717, 1.165) is 5.56 Å². The Kier molecular flexibility index (Phi) is 4.58. The lowest BCUT2D eigenvalue weighted by atomic mass is 10.2. The van der Waals surface area contributed by atoms with Crippen LogP contribution in [0.4, 0.5) is 0 Å². The second-order valence-electron chi connectivity index (χ2n) is 4.04. The molecule has 0 amide bonds. The van der Waals surface area contributed by atoms with E-state index in [1.807, 2.05) is 16.8 Å². The molecule has 8 heteroatoms. The number of carboxylic acid groups (broad SMARTS) is 1. The molecule has 1 atom stereocenters. The van der Waals surface area contributed by atoms with Crippen molar-refractivity contribution in [3.8, 4) is 0 Å². The molecule has 0 bridgehead atoms. The maximum atomic E-state index is 10.7. The number of rotatable bonds is 7. The maximum Gasteiger partial charge on any atom is 0.306 e. The molecule has 1 N–H and O–H groups in total. The van der Waals surface area contributed by atoms with E-state index >= 15 is 0 Å². The van der Waals surface area contributed by atoms with Crippen LogP contribution in [0.3, 0.4) is 0 Å². The van der Waals surface area contributed by atoms with Gasteiger partial charge < -0.3 is 9.84 Å². The Morgan fingerprint density at radius 2 is 2.47 bits per heavy atom. The van der Waals surface area contributed by atoms with Crippen LogP contribution in [0.1, 0.15) is 17.8 Å². The fourth-order valence-electron chi connectivity index (χ4n) is 1.68.